The number of para-hydroxylation sites is 2. The standard InChI is InChI=1S/C13H17N5O/c1-10-8-11(6-7-19-10)15-12-4-2-3-5-13(12)18-9-14-16-17-18/h2-5,9-11,15H,6-8H2,1H3. The number of rotatable bonds is 3. The van der Waals surface area contributed by atoms with Crippen molar-refractivity contribution < 1.29 is 4.74 Å². The molecular formula is C13H17N5O. The van der Waals surface area contributed by atoms with Crippen molar-refractivity contribution in [2.45, 2.75) is 31.9 Å². The van der Waals surface area contributed by atoms with Crippen LogP contribution in [0.1, 0.15) is 19.8 Å². The molecule has 0 bridgehead atoms. The Labute approximate surface area is 111 Å². The van der Waals surface area contributed by atoms with Crippen LogP contribution in [0.25, 0.3) is 5.69 Å². The first-order valence-electron chi connectivity index (χ1n) is 6.53. The van der Waals surface area contributed by atoms with E-state index in [-0.39, 0.29) is 0 Å². The quantitative estimate of drug-likeness (QED) is 0.907. The van der Waals surface area contributed by atoms with Crippen molar-refractivity contribution >= 4 is 5.69 Å². The predicted octanol–water partition coefficient (Wildman–Crippen LogP) is 1.64. The summed E-state index contributed by atoms with van der Waals surface area (Å²) in [5.41, 5.74) is 2.01. The lowest BCUT2D eigenvalue weighted by molar-refractivity contribution is 0.0232. The summed E-state index contributed by atoms with van der Waals surface area (Å²) in [7, 11) is 0. The second kappa shape index (κ2) is 5.36. The first-order valence-corrected chi connectivity index (χ1v) is 6.53. The highest BCUT2D eigenvalue weighted by Crippen LogP contribution is 2.23. The number of aromatic nitrogens is 4. The van der Waals surface area contributed by atoms with Crippen molar-refractivity contribution in [3.63, 3.8) is 0 Å². The van der Waals surface area contributed by atoms with Crippen LogP contribution in [-0.2, 0) is 4.74 Å². The molecule has 1 aromatic heterocycles. The molecule has 0 spiro atoms. The summed E-state index contributed by atoms with van der Waals surface area (Å²) in [6, 6.07) is 8.48. The van der Waals surface area contributed by atoms with Crippen LogP contribution in [-0.4, -0.2) is 39.0 Å². The average molecular weight is 259 g/mol. The van der Waals surface area contributed by atoms with Crippen molar-refractivity contribution in [2.24, 2.45) is 0 Å². The number of hydrogen-bond acceptors (Lipinski definition) is 5. The molecule has 0 aliphatic carbocycles. The van der Waals surface area contributed by atoms with E-state index in [1.165, 1.54) is 0 Å². The van der Waals surface area contributed by atoms with Crippen molar-refractivity contribution in [1.29, 1.82) is 0 Å². The Morgan fingerprint density at radius 3 is 3.05 bits per heavy atom. The van der Waals surface area contributed by atoms with Gasteiger partial charge in [-0.3, -0.25) is 0 Å². The number of nitrogens with one attached hydrogen (secondary N) is 1. The molecule has 1 aliphatic rings. The maximum absolute atomic E-state index is 5.57. The van der Waals surface area contributed by atoms with Crippen LogP contribution in [0.4, 0.5) is 5.69 Å². The third-order valence-corrected chi connectivity index (χ3v) is 3.34. The highest BCUT2D eigenvalue weighted by molar-refractivity contribution is 5.60. The van der Waals surface area contributed by atoms with Crippen LogP contribution < -0.4 is 5.32 Å². The van der Waals surface area contributed by atoms with Gasteiger partial charge in [0, 0.05) is 12.6 Å². The van der Waals surface area contributed by atoms with E-state index >= 15 is 0 Å². The predicted molar refractivity (Wildman–Crippen MR) is 71.2 cm³/mol. The third-order valence-electron chi connectivity index (χ3n) is 3.34. The van der Waals surface area contributed by atoms with E-state index < -0.39 is 0 Å². The Balaban J connectivity index is 1.81. The normalized spacial score (nSPS) is 23.2. The van der Waals surface area contributed by atoms with E-state index in [0.29, 0.717) is 12.1 Å². The summed E-state index contributed by atoms with van der Waals surface area (Å²) in [5.74, 6) is 0. The number of anilines is 1. The molecule has 3 rings (SSSR count). The lowest BCUT2D eigenvalue weighted by Gasteiger charge is -2.29. The zero-order chi connectivity index (χ0) is 13.1. The molecule has 2 heterocycles. The van der Waals surface area contributed by atoms with E-state index in [9.17, 15) is 0 Å². The van der Waals surface area contributed by atoms with Gasteiger partial charge >= 0.3 is 0 Å². The maximum Gasteiger partial charge on any atom is 0.143 e. The van der Waals surface area contributed by atoms with Crippen molar-refractivity contribution in [3.8, 4) is 5.69 Å². The Morgan fingerprint density at radius 1 is 1.37 bits per heavy atom. The molecule has 1 aliphatic heterocycles. The summed E-state index contributed by atoms with van der Waals surface area (Å²) in [5, 5.41) is 14.9. The molecule has 2 aromatic rings. The number of hydrogen-bond donors (Lipinski definition) is 1. The summed E-state index contributed by atoms with van der Waals surface area (Å²) >= 11 is 0. The van der Waals surface area contributed by atoms with Crippen LogP contribution in [0.15, 0.2) is 30.6 Å². The SMILES string of the molecule is CC1CC(Nc2ccccc2-n2cnnn2)CCO1. The van der Waals surface area contributed by atoms with Gasteiger partial charge in [0.2, 0.25) is 0 Å². The molecule has 1 saturated heterocycles. The van der Waals surface area contributed by atoms with Crippen LogP contribution in [0.5, 0.6) is 0 Å². The maximum atomic E-state index is 5.57. The summed E-state index contributed by atoms with van der Waals surface area (Å²) in [4.78, 5) is 0. The molecule has 0 radical (unpaired) electrons. The van der Waals surface area contributed by atoms with E-state index in [1.807, 2.05) is 18.2 Å². The topological polar surface area (TPSA) is 64.9 Å². The molecule has 100 valence electrons. The second-order valence-electron chi connectivity index (χ2n) is 4.82. The minimum absolute atomic E-state index is 0.312. The summed E-state index contributed by atoms with van der Waals surface area (Å²) < 4.78 is 7.24. The summed E-state index contributed by atoms with van der Waals surface area (Å²) in [6.45, 7) is 2.92. The average Bonchev–Trinajstić information content (AvgIpc) is 2.93. The molecule has 6 heteroatoms. The number of benzene rings is 1. The van der Waals surface area contributed by atoms with Crippen LogP contribution in [0.2, 0.25) is 0 Å². The van der Waals surface area contributed by atoms with Crippen molar-refractivity contribution in [2.75, 3.05) is 11.9 Å². The van der Waals surface area contributed by atoms with Crippen LogP contribution >= 0.6 is 0 Å². The Kier molecular flexibility index (Phi) is 3.41. The number of nitrogens with zero attached hydrogens (tertiary/aromatic N) is 4. The first-order chi connectivity index (χ1) is 9.33. The Morgan fingerprint density at radius 2 is 2.26 bits per heavy atom. The van der Waals surface area contributed by atoms with Gasteiger partial charge < -0.3 is 10.1 Å². The molecule has 19 heavy (non-hydrogen) atoms. The van der Waals surface area contributed by atoms with Gasteiger partial charge in [0.15, 0.2) is 0 Å². The molecule has 0 saturated carbocycles. The number of tetrazole rings is 1. The monoisotopic (exact) mass is 259 g/mol. The van der Waals surface area contributed by atoms with Gasteiger partial charge in [0.05, 0.1) is 17.5 Å². The van der Waals surface area contributed by atoms with Gasteiger partial charge in [-0.2, -0.15) is 4.68 Å². The summed E-state index contributed by atoms with van der Waals surface area (Å²) in [6.07, 6.45) is 3.96. The first kappa shape index (κ1) is 12.1. The van der Waals surface area contributed by atoms with E-state index in [1.54, 1.807) is 11.0 Å². The lowest BCUT2D eigenvalue weighted by atomic mass is 10.0. The Hall–Kier alpha value is -1.95. The zero-order valence-electron chi connectivity index (χ0n) is 10.9. The molecule has 2 atom stereocenters. The largest absolute Gasteiger partial charge is 0.380 e. The fraction of sp³-hybridized carbons (Fsp3) is 0.462. The van der Waals surface area contributed by atoms with Gasteiger partial charge in [0.25, 0.3) is 0 Å². The molecule has 0 amide bonds. The molecule has 1 aromatic carbocycles. The van der Waals surface area contributed by atoms with E-state index in [4.69, 9.17) is 4.74 Å². The molecular weight excluding hydrogens is 242 g/mol. The zero-order valence-corrected chi connectivity index (χ0v) is 10.9. The van der Waals surface area contributed by atoms with Gasteiger partial charge in [-0.25, -0.2) is 0 Å². The van der Waals surface area contributed by atoms with Gasteiger partial charge in [0.1, 0.15) is 6.33 Å². The fourth-order valence-corrected chi connectivity index (χ4v) is 2.42. The Bertz CT molecular complexity index is 528. The second-order valence-corrected chi connectivity index (χ2v) is 4.82. The van der Waals surface area contributed by atoms with Gasteiger partial charge in [-0.15, -0.1) is 5.10 Å². The van der Waals surface area contributed by atoms with E-state index in [0.717, 1.165) is 30.8 Å². The molecule has 1 fully saturated rings. The highest BCUT2D eigenvalue weighted by Gasteiger charge is 2.20. The van der Waals surface area contributed by atoms with E-state index in [2.05, 4.69) is 33.8 Å². The lowest BCUT2D eigenvalue weighted by Crippen LogP contribution is -2.32. The fourth-order valence-electron chi connectivity index (χ4n) is 2.42. The minimum Gasteiger partial charge on any atom is -0.380 e. The minimum atomic E-state index is 0.312. The van der Waals surface area contributed by atoms with Gasteiger partial charge in [-0.1, -0.05) is 12.1 Å². The molecule has 6 nitrogen and oxygen atoms in total. The third kappa shape index (κ3) is 2.73. The van der Waals surface area contributed by atoms with Crippen molar-refractivity contribution in [3.05, 3.63) is 30.6 Å². The smallest absolute Gasteiger partial charge is 0.143 e. The van der Waals surface area contributed by atoms with Gasteiger partial charge in [-0.05, 0) is 42.3 Å². The number of ether oxygens (including phenoxy) is 1. The molecule has 2 unspecified atom stereocenters. The van der Waals surface area contributed by atoms with Crippen LogP contribution in [0, 0.1) is 0 Å². The highest BCUT2D eigenvalue weighted by atomic mass is 16.5. The van der Waals surface area contributed by atoms with Crippen molar-refractivity contribution in [1.82, 2.24) is 20.2 Å². The van der Waals surface area contributed by atoms with Crippen LogP contribution in [0.3, 0.4) is 0 Å². The molecule has 1 N–H and O–H groups in total.